The molecule has 2 aromatic rings. The maximum atomic E-state index is 11.8. The first kappa shape index (κ1) is 15.8. The topological polar surface area (TPSA) is 23.6 Å². The maximum Gasteiger partial charge on any atom is 0.222 e. The molecule has 1 atom stereocenters. The molecule has 3 nitrogen and oxygen atoms in total. The lowest BCUT2D eigenvalue weighted by atomic mass is 10.0. The number of nitrogens with zero attached hydrogens (tertiary/aromatic N) is 2. The van der Waals surface area contributed by atoms with E-state index in [1.165, 1.54) is 11.1 Å². The van der Waals surface area contributed by atoms with Crippen LogP contribution in [0.5, 0.6) is 0 Å². The Balaban J connectivity index is 1.76. The second-order valence-electron chi connectivity index (χ2n) is 6.34. The SMILES string of the molecule is CN1CC(N(Cc2ccccc2)Cc2ccccc2)CCC1=O. The molecular weight excluding hydrogens is 284 g/mol. The molecule has 1 saturated heterocycles. The average molecular weight is 308 g/mol. The summed E-state index contributed by atoms with van der Waals surface area (Å²) in [7, 11) is 1.91. The maximum absolute atomic E-state index is 11.8. The number of amides is 1. The van der Waals surface area contributed by atoms with Gasteiger partial charge in [-0.25, -0.2) is 0 Å². The van der Waals surface area contributed by atoms with Crippen LogP contribution in [0.15, 0.2) is 60.7 Å². The molecule has 1 amide bonds. The van der Waals surface area contributed by atoms with E-state index in [0.29, 0.717) is 12.5 Å². The Morgan fingerprint density at radius 3 is 1.96 bits per heavy atom. The first-order valence-electron chi connectivity index (χ1n) is 8.28. The summed E-state index contributed by atoms with van der Waals surface area (Å²) >= 11 is 0. The molecule has 0 bridgehead atoms. The third-order valence-corrected chi connectivity index (χ3v) is 4.58. The van der Waals surface area contributed by atoms with E-state index in [9.17, 15) is 4.79 Å². The molecule has 0 saturated carbocycles. The van der Waals surface area contributed by atoms with Crippen LogP contribution in [0.3, 0.4) is 0 Å². The van der Waals surface area contributed by atoms with E-state index in [1.54, 1.807) is 0 Å². The summed E-state index contributed by atoms with van der Waals surface area (Å²) in [5.74, 6) is 0.264. The zero-order valence-electron chi connectivity index (χ0n) is 13.7. The van der Waals surface area contributed by atoms with E-state index in [2.05, 4.69) is 65.6 Å². The highest BCUT2D eigenvalue weighted by Gasteiger charge is 2.27. The predicted octanol–water partition coefficient (Wildman–Crippen LogP) is 3.31. The van der Waals surface area contributed by atoms with E-state index < -0.39 is 0 Å². The third-order valence-electron chi connectivity index (χ3n) is 4.58. The van der Waals surface area contributed by atoms with E-state index in [1.807, 2.05) is 11.9 Å². The van der Waals surface area contributed by atoms with Gasteiger partial charge in [-0.05, 0) is 17.5 Å². The Morgan fingerprint density at radius 2 is 1.48 bits per heavy atom. The van der Waals surface area contributed by atoms with Crippen molar-refractivity contribution in [2.24, 2.45) is 0 Å². The number of carbonyl (C=O) groups is 1. The van der Waals surface area contributed by atoms with Gasteiger partial charge in [-0.2, -0.15) is 0 Å². The fourth-order valence-electron chi connectivity index (χ4n) is 3.24. The van der Waals surface area contributed by atoms with Gasteiger partial charge in [-0.1, -0.05) is 60.7 Å². The van der Waals surface area contributed by atoms with E-state index in [4.69, 9.17) is 0 Å². The van der Waals surface area contributed by atoms with Gasteiger partial charge in [0.25, 0.3) is 0 Å². The quantitative estimate of drug-likeness (QED) is 0.846. The van der Waals surface area contributed by atoms with Crippen molar-refractivity contribution in [1.29, 1.82) is 0 Å². The molecule has 2 aromatic carbocycles. The summed E-state index contributed by atoms with van der Waals surface area (Å²) in [6.07, 6.45) is 1.60. The number of carbonyl (C=O) groups excluding carboxylic acids is 1. The Bertz CT molecular complexity index is 585. The van der Waals surface area contributed by atoms with Crippen LogP contribution in [-0.2, 0) is 17.9 Å². The van der Waals surface area contributed by atoms with Gasteiger partial charge < -0.3 is 4.90 Å². The van der Waals surface area contributed by atoms with E-state index in [-0.39, 0.29) is 5.91 Å². The molecule has 1 aliphatic rings. The molecule has 1 unspecified atom stereocenters. The molecular formula is C20H24N2O. The Morgan fingerprint density at radius 1 is 0.957 bits per heavy atom. The highest BCUT2D eigenvalue weighted by molar-refractivity contribution is 5.76. The standard InChI is InChI=1S/C20H24N2O/c1-21-16-19(12-13-20(21)23)22(14-17-8-4-2-5-9-17)15-18-10-6-3-7-11-18/h2-11,19H,12-16H2,1H3. The van der Waals surface area contributed by atoms with E-state index >= 15 is 0 Å². The second-order valence-corrected chi connectivity index (χ2v) is 6.34. The molecule has 1 fully saturated rings. The largest absolute Gasteiger partial charge is 0.344 e. The Labute approximate surface area is 138 Å². The first-order valence-corrected chi connectivity index (χ1v) is 8.28. The van der Waals surface area contributed by atoms with Crippen molar-refractivity contribution < 1.29 is 4.79 Å². The monoisotopic (exact) mass is 308 g/mol. The zero-order chi connectivity index (χ0) is 16.1. The fraction of sp³-hybridized carbons (Fsp3) is 0.350. The predicted molar refractivity (Wildman–Crippen MR) is 92.8 cm³/mol. The van der Waals surface area contributed by atoms with Crippen LogP contribution >= 0.6 is 0 Å². The van der Waals surface area contributed by atoms with Crippen LogP contribution in [0.2, 0.25) is 0 Å². The molecule has 23 heavy (non-hydrogen) atoms. The molecule has 1 heterocycles. The molecule has 0 aromatic heterocycles. The summed E-state index contributed by atoms with van der Waals surface area (Å²) in [5.41, 5.74) is 2.64. The number of likely N-dealkylation sites (N-methyl/N-ethyl adjacent to an activating group) is 1. The van der Waals surface area contributed by atoms with Crippen molar-refractivity contribution in [2.45, 2.75) is 32.0 Å². The smallest absolute Gasteiger partial charge is 0.222 e. The van der Waals surface area contributed by atoms with Crippen LogP contribution in [0.25, 0.3) is 0 Å². The number of benzene rings is 2. The summed E-state index contributed by atoms with van der Waals surface area (Å²) < 4.78 is 0. The van der Waals surface area contributed by atoms with Crippen LogP contribution < -0.4 is 0 Å². The fourth-order valence-corrected chi connectivity index (χ4v) is 3.24. The minimum Gasteiger partial charge on any atom is -0.344 e. The van der Waals surface area contributed by atoms with Gasteiger partial charge in [0.05, 0.1) is 0 Å². The molecule has 0 spiro atoms. The molecule has 120 valence electrons. The van der Waals surface area contributed by atoms with Crippen LogP contribution in [0.1, 0.15) is 24.0 Å². The number of piperidine rings is 1. The summed E-state index contributed by atoms with van der Waals surface area (Å²) in [4.78, 5) is 16.2. The van der Waals surface area contributed by atoms with Crippen molar-refractivity contribution in [3.63, 3.8) is 0 Å². The van der Waals surface area contributed by atoms with Crippen molar-refractivity contribution in [1.82, 2.24) is 9.80 Å². The van der Waals surface area contributed by atoms with Crippen molar-refractivity contribution in [3.05, 3.63) is 71.8 Å². The Kier molecular flexibility index (Phi) is 5.09. The van der Waals surface area contributed by atoms with Gasteiger partial charge in [0.15, 0.2) is 0 Å². The molecule has 1 aliphatic heterocycles. The van der Waals surface area contributed by atoms with Gasteiger partial charge in [0.2, 0.25) is 5.91 Å². The lowest BCUT2D eigenvalue weighted by molar-refractivity contribution is -0.133. The van der Waals surface area contributed by atoms with Gasteiger partial charge in [0.1, 0.15) is 0 Å². The third kappa shape index (κ3) is 4.20. The Hall–Kier alpha value is -2.13. The number of rotatable bonds is 5. The van der Waals surface area contributed by atoms with Crippen molar-refractivity contribution in [3.8, 4) is 0 Å². The van der Waals surface area contributed by atoms with Gasteiger partial charge in [-0.15, -0.1) is 0 Å². The number of likely N-dealkylation sites (tertiary alicyclic amines) is 1. The van der Waals surface area contributed by atoms with Crippen LogP contribution in [-0.4, -0.2) is 35.3 Å². The summed E-state index contributed by atoms with van der Waals surface area (Å²) in [5, 5.41) is 0. The summed E-state index contributed by atoms with van der Waals surface area (Å²) in [6.45, 7) is 2.66. The first-order chi connectivity index (χ1) is 11.2. The van der Waals surface area contributed by atoms with Gasteiger partial charge in [-0.3, -0.25) is 9.69 Å². The van der Waals surface area contributed by atoms with Gasteiger partial charge in [0, 0.05) is 39.1 Å². The highest BCUT2D eigenvalue weighted by atomic mass is 16.2. The molecule has 3 rings (SSSR count). The number of hydrogen-bond donors (Lipinski definition) is 0. The van der Waals surface area contributed by atoms with Crippen LogP contribution in [0, 0.1) is 0 Å². The van der Waals surface area contributed by atoms with Gasteiger partial charge >= 0.3 is 0 Å². The molecule has 0 N–H and O–H groups in total. The number of hydrogen-bond acceptors (Lipinski definition) is 2. The van der Waals surface area contributed by atoms with E-state index in [0.717, 1.165) is 26.1 Å². The lowest BCUT2D eigenvalue weighted by Gasteiger charge is -2.38. The minimum atomic E-state index is 0.264. The second kappa shape index (κ2) is 7.42. The molecule has 0 radical (unpaired) electrons. The lowest BCUT2D eigenvalue weighted by Crippen LogP contribution is -2.48. The average Bonchev–Trinajstić information content (AvgIpc) is 2.59. The summed E-state index contributed by atoms with van der Waals surface area (Å²) in [6, 6.07) is 21.6. The minimum absolute atomic E-state index is 0.264. The zero-order valence-corrected chi connectivity index (χ0v) is 13.7. The van der Waals surface area contributed by atoms with Crippen LogP contribution in [0.4, 0.5) is 0 Å². The normalized spacial score (nSPS) is 18.4. The highest BCUT2D eigenvalue weighted by Crippen LogP contribution is 2.20. The molecule has 3 heteroatoms. The molecule has 0 aliphatic carbocycles. The van der Waals surface area contributed by atoms with Crippen molar-refractivity contribution >= 4 is 5.91 Å². The van der Waals surface area contributed by atoms with Crippen molar-refractivity contribution in [2.75, 3.05) is 13.6 Å².